The molecule has 0 radical (unpaired) electrons. The summed E-state index contributed by atoms with van der Waals surface area (Å²) in [6, 6.07) is 29.2. The highest BCUT2D eigenvalue weighted by Gasteiger charge is 2.25. The van der Waals surface area contributed by atoms with Crippen LogP contribution in [0.2, 0.25) is 5.02 Å². The van der Waals surface area contributed by atoms with Crippen LogP contribution in [0.4, 0.5) is 0 Å². The molecule has 0 saturated carbocycles. The number of piperidine rings is 1. The van der Waals surface area contributed by atoms with Crippen LogP contribution in [-0.4, -0.2) is 28.5 Å². The van der Waals surface area contributed by atoms with Crippen LogP contribution in [0.1, 0.15) is 29.7 Å². The average molecular weight is 472 g/mol. The van der Waals surface area contributed by atoms with Crippen molar-refractivity contribution in [1.29, 1.82) is 0 Å². The molecule has 1 aliphatic rings. The summed E-state index contributed by atoms with van der Waals surface area (Å²) in [5.41, 5.74) is 4.98. The number of carbonyl (C=O) groups is 1. The number of nitrogens with one attached hydrogen (secondary N) is 1. The van der Waals surface area contributed by atoms with Crippen molar-refractivity contribution in [3.05, 3.63) is 107 Å². The Bertz CT molecular complexity index is 1240. The van der Waals surface area contributed by atoms with Gasteiger partial charge in [0.05, 0.1) is 0 Å². The molecular weight excluding hydrogens is 442 g/mol. The maximum absolute atomic E-state index is 12.7. The van der Waals surface area contributed by atoms with Crippen molar-refractivity contribution in [3.8, 4) is 0 Å². The highest BCUT2D eigenvalue weighted by Crippen LogP contribution is 2.25. The fourth-order valence-electron chi connectivity index (χ4n) is 4.87. The van der Waals surface area contributed by atoms with Gasteiger partial charge in [-0.2, -0.15) is 0 Å². The second-order valence-electron chi connectivity index (χ2n) is 9.16. The Hall–Kier alpha value is -3.08. The number of amides is 1. The molecule has 5 rings (SSSR count). The van der Waals surface area contributed by atoms with Crippen molar-refractivity contribution in [2.24, 2.45) is 5.92 Å². The van der Waals surface area contributed by atoms with Crippen LogP contribution < -0.4 is 5.32 Å². The molecule has 0 aliphatic carbocycles. The second kappa shape index (κ2) is 10.5. The molecule has 3 aromatic carbocycles. The van der Waals surface area contributed by atoms with Crippen molar-refractivity contribution in [2.45, 2.75) is 32.5 Å². The fourth-order valence-corrected chi connectivity index (χ4v) is 5.00. The normalized spacial score (nSPS) is 15.0. The third-order valence-corrected chi connectivity index (χ3v) is 7.06. The molecule has 4 aromatic rings. The summed E-state index contributed by atoms with van der Waals surface area (Å²) in [5, 5.41) is 5.10. The van der Waals surface area contributed by atoms with E-state index in [1.54, 1.807) is 0 Å². The third kappa shape index (κ3) is 5.35. The molecule has 1 fully saturated rings. The number of carbonyl (C=O) groups excluding carboxylic acids is 1. The molecule has 0 atom stereocenters. The Morgan fingerprint density at radius 3 is 2.32 bits per heavy atom. The van der Waals surface area contributed by atoms with E-state index in [0.29, 0.717) is 11.6 Å². The van der Waals surface area contributed by atoms with Crippen LogP contribution >= 0.6 is 11.6 Å². The summed E-state index contributed by atoms with van der Waals surface area (Å²) in [6.07, 6.45) is 1.79. The lowest BCUT2D eigenvalue weighted by Crippen LogP contribution is -2.40. The molecule has 0 spiro atoms. The number of hydrogen-bond donors (Lipinski definition) is 1. The predicted octanol–water partition coefficient (Wildman–Crippen LogP) is 5.87. The van der Waals surface area contributed by atoms with Crippen LogP contribution in [-0.2, 0) is 24.4 Å². The maximum atomic E-state index is 12.7. The van der Waals surface area contributed by atoms with Gasteiger partial charge in [-0.3, -0.25) is 9.69 Å². The largest absolute Gasteiger partial charge is 0.352 e. The fraction of sp³-hybridized carbons (Fsp3) is 0.276. The number of rotatable bonds is 7. The molecule has 2 heterocycles. The zero-order valence-corrected chi connectivity index (χ0v) is 20.0. The van der Waals surface area contributed by atoms with Gasteiger partial charge in [0.1, 0.15) is 0 Å². The van der Waals surface area contributed by atoms with E-state index in [9.17, 15) is 4.79 Å². The molecule has 1 aromatic heterocycles. The Kier molecular flexibility index (Phi) is 6.98. The Balaban J connectivity index is 1.20. The SMILES string of the molecule is O=C(NCc1ccc(Cl)cc1)C1CCN(Cc2cc3ccccc3n2Cc2ccccc2)CC1. The first-order valence-corrected chi connectivity index (χ1v) is 12.4. The van der Waals surface area contributed by atoms with Crippen LogP contribution in [0.15, 0.2) is 84.9 Å². The molecule has 1 aliphatic heterocycles. The van der Waals surface area contributed by atoms with Gasteiger partial charge in [-0.25, -0.2) is 0 Å². The number of para-hydroxylation sites is 1. The molecule has 1 amide bonds. The number of aromatic nitrogens is 1. The minimum Gasteiger partial charge on any atom is -0.352 e. The van der Waals surface area contributed by atoms with E-state index in [0.717, 1.165) is 44.6 Å². The molecule has 0 unspecified atom stereocenters. The van der Waals surface area contributed by atoms with Crippen molar-refractivity contribution >= 4 is 28.4 Å². The maximum Gasteiger partial charge on any atom is 0.223 e. The number of likely N-dealkylation sites (tertiary alicyclic amines) is 1. The Morgan fingerprint density at radius 1 is 0.853 bits per heavy atom. The van der Waals surface area contributed by atoms with Gasteiger partial charge < -0.3 is 9.88 Å². The quantitative estimate of drug-likeness (QED) is 0.366. The van der Waals surface area contributed by atoms with Gasteiger partial charge in [0.15, 0.2) is 0 Å². The molecule has 174 valence electrons. The molecule has 0 bridgehead atoms. The van der Waals surface area contributed by atoms with Crippen molar-refractivity contribution in [2.75, 3.05) is 13.1 Å². The van der Waals surface area contributed by atoms with Gasteiger partial charge in [0.25, 0.3) is 0 Å². The van der Waals surface area contributed by atoms with E-state index in [1.165, 1.54) is 22.2 Å². The van der Waals surface area contributed by atoms with Gasteiger partial charge in [-0.1, -0.05) is 72.3 Å². The van der Waals surface area contributed by atoms with Crippen LogP contribution in [0.5, 0.6) is 0 Å². The summed E-state index contributed by atoms with van der Waals surface area (Å²) < 4.78 is 2.44. The molecular formula is C29H30ClN3O. The van der Waals surface area contributed by atoms with Gasteiger partial charge in [0, 0.05) is 41.8 Å². The Labute approximate surface area is 206 Å². The molecule has 1 saturated heterocycles. The molecule has 34 heavy (non-hydrogen) atoms. The third-order valence-electron chi connectivity index (χ3n) is 6.80. The van der Waals surface area contributed by atoms with Crippen molar-refractivity contribution in [3.63, 3.8) is 0 Å². The first-order chi connectivity index (χ1) is 16.7. The van der Waals surface area contributed by atoms with Gasteiger partial charge in [0.2, 0.25) is 5.91 Å². The lowest BCUT2D eigenvalue weighted by Gasteiger charge is -2.31. The molecule has 1 N–H and O–H groups in total. The summed E-state index contributed by atoms with van der Waals surface area (Å²) in [6.45, 7) is 4.20. The highest BCUT2D eigenvalue weighted by molar-refractivity contribution is 6.30. The van der Waals surface area contributed by atoms with E-state index >= 15 is 0 Å². The van der Waals surface area contributed by atoms with Crippen LogP contribution in [0, 0.1) is 5.92 Å². The number of nitrogens with zero attached hydrogens (tertiary/aromatic N) is 2. The number of hydrogen-bond acceptors (Lipinski definition) is 2. The lowest BCUT2D eigenvalue weighted by atomic mass is 9.95. The molecule has 4 nitrogen and oxygen atoms in total. The van der Waals surface area contributed by atoms with Crippen LogP contribution in [0.25, 0.3) is 10.9 Å². The smallest absolute Gasteiger partial charge is 0.223 e. The van der Waals surface area contributed by atoms with E-state index in [2.05, 4.69) is 75.4 Å². The van der Waals surface area contributed by atoms with Crippen LogP contribution in [0.3, 0.4) is 0 Å². The van der Waals surface area contributed by atoms with E-state index in [4.69, 9.17) is 11.6 Å². The Morgan fingerprint density at radius 2 is 1.56 bits per heavy atom. The standard InChI is InChI=1S/C29H30ClN3O/c30-26-12-10-22(11-13-26)19-31-29(34)24-14-16-32(17-15-24)21-27-18-25-8-4-5-9-28(25)33(27)20-23-6-2-1-3-7-23/h1-13,18,24H,14-17,19-21H2,(H,31,34). The average Bonchev–Trinajstić information content (AvgIpc) is 3.21. The van der Waals surface area contributed by atoms with E-state index in [1.807, 2.05) is 24.3 Å². The minimum atomic E-state index is 0.0822. The summed E-state index contributed by atoms with van der Waals surface area (Å²) in [7, 11) is 0. The topological polar surface area (TPSA) is 37.3 Å². The van der Waals surface area contributed by atoms with E-state index < -0.39 is 0 Å². The summed E-state index contributed by atoms with van der Waals surface area (Å²) in [4.78, 5) is 15.2. The van der Waals surface area contributed by atoms with Gasteiger partial charge in [-0.15, -0.1) is 0 Å². The lowest BCUT2D eigenvalue weighted by molar-refractivity contribution is -0.126. The zero-order valence-electron chi connectivity index (χ0n) is 19.3. The second-order valence-corrected chi connectivity index (χ2v) is 9.60. The van der Waals surface area contributed by atoms with Crippen molar-refractivity contribution in [1.82, 2.24) is 14.8 Å². The van der Waals surface area contributed by atoms with Gasteiger partial charge >= 0.3 is 0 Å². The molecule has 5 heteroatoms. The number of fused-ring (bicyclic) bond motifs is 1. The predicted molar refractivity (Wildman–Crippen MR) is 139 cm³/mol. The van der Waals surface area contributed by atoms with Crippen molar-refractivity contribution < 1.29 is 4.79 Å². The number of halogens is 1. The zero-order chi connectivity index (χ0) is 23.3. The summed E-state index contributed by atoms with van der Waals surface area (Å²) >= 11 is 5.95. The monoisotopic (exact) mass is 471 g/mol. The summed E-state index contributed by atoms with van der Waals surface area (Å²) in [5.74, 6) is 0.242. The first kappa shape index (κ1) is 22.7. The van der Waals surface area contributed by atoms with Gasteiger partial charge in [-0.05, 0) is 66.7 Å². The number of benzene rings is 3. The minimum absolute atomic E-state index is 0.0822. The van der Waals surface area contributed by atoms with E-state index in [-0.39, 0.29) is 11.8 Å². The first-order valence-electron chi connectivity index (χ1n) is 12.0. The highest BCUT2D eigenvalue weighted by atomic mass is 35.5.